The number of hydrogen-bond donors (Lipinski definition) is 0. The van der Waals surface area contributed by atoms with Gasteiger partial charge in [0.25, 0.3) is 5.91 Å². The molecule has 0 bridgehead atoms. The van der Waals surface area contributed by atoms with E-state index in [-0.39, 0.29) is 5.91 Å². The number of furan rings is 1. The topological polar surface area (TPSA) is 33.5 Å². The van der Waals surface area contributed by atoms with Crippen LogP contribution in [0.5, 0.6) is 0 Å². The molecule has 0 spiro atoms. The first-order valence-electron chi connectivity index (χ1n) is 6.48. The predicted octanol–water partition coefficient (Wildman–Crippen LogP) is 3.99. The van der Waals surface area contributed by atoms with Crippen molar-refractivity contribution in [2.45, 2.75) is 13.5 Å². The molecule has 3 rings (SSSR count). The van der Waals surface area contributed by atoms with Gasteiger partial charge in [-0.1, -0.05) is 53.8 Å². The van der Waals surface area contributed by atoms with Crippen molar-refractivity contribution in [3.63, 3.8) is 0 Å². The third-order valence-corrected chi connectivity index (χ3v) is 4.53. The molecule has 21 heavy (non-hydrogen) atoms. The van der Waals surface area contributed by atoms with Gasteiger partial charge < -0.3 is 4.42 Å². The molecule has 2 aromatic rings. The molecule has 1 fully saturated rings. The summed E-state index contributed by atoms with van der Waals surface area (Å²) in [5.41, 5.74) is 2.26. The van der Waals surface area contributed by atoms with Gasteiger partial charge in [-0.3, -0.25) is 9.69 Å². The zero-order chi connectivity index (χ0) is 14.8. The highest BCUT2D eigenvalue weighted by atomic mass is 32.2. The molecule has 3 nitrogen and oxygen atoms in total. The largest absolute Gasteiger partial charge is 0.465 e. The van der Waals surface area contributed by atoms with Gasteiger partial charge in [0.15, 0.2) is 0 Å². The van der Waals surface area contributed by atoms with E-state index >= 15 is 0 Å². The van der Waals surface area contributed by atoms with E-state index in [1.807, 2.05) is 37.3 Å². The van der Waals surface area contributed by atoms with Crippen LogP contribution in [0.1, 0.15) is 16.9 Å². The van der Waals surface area contributed by atoms with Crippen LogP contribution in [0.3, 0.4) is 0 Å². The van der Waals surface area contributed by atoms with Crippen molar-refractivity contribution in [3.8, 4) is 0 Å². The zero-order valence-electron chi connectivity index (χ0n) is 11.4. The Morgan fingerprint density at radius 1 is 1.29 bits per heavy atom. The fourth-order valence-corrected chi connectivity index (χ4v) is 3.25. The Labute approximate surface area is 132 Å². The Hall–Kier alpha value is -1.85. The molecule has 1 aliphatic rings. The summed E-state index contributed by atoms with van der Waals surface area (Å²) in [4.78, 5) is 14.6. The average molecular weight is 315 g/mol. The highest BCUT2D eigenvalue weighted by molar-refractivity contribution is 8.26. The Bertz CT molecular complexity index is 702. The van der Waals surface area contributed by atoms with Gasteiger partial charge in [0.2, 0.25) is 0 Å². The van der Waals surface area contributed by atoms with Crippen LogP contribution in [-0.2, 0) is 11.3 Å². The molecule has 0 N–H and O–H groups in total. The number of nitrogens with zero attached hydrogens (tertiary/aromatic N) is 1. The quantitative estimate of drug-likeness (QED) is 0.633. The third kappa shape index (κ3) is 3.09. The first kappa shape index (κ1) is 14.1. The Kier molecular flexibility index (Phi) is 3.94. The number of thiocarbonyl (C=S) groups is 1. The lowest BCUT2D eigenvalue weighted by Gasteiger charge is -2.14. The number of hydrogen-bond acceptors (Lipinski definition) is 4. The van der Waals surface area contributed by atoms with Crippen molar-refractivity contribution in [2.24, 2.45) is 0 Å². The van der Waals surface area contributed by atoms with Crippen LogP contribution < -0.4 is 0 Å². The lowest BCUT2D eigenvalue weighted by atomic mass is 10.1. The van der Waals surface area contributed by atoms with Crippen LogP contribution in [0.25, 0.3) is 6.08 Å². The maximum atomic E-state index is 12.4. The molecule has 0 saturated carbocycles. The Morgan fingerprint density at radius 3 is 2.71 bits per heavy atom. The molecule has 0 radical (unpaired) electrons. The average Bonchev–Trinajstić information content (AvgIpc) is 3.06. The van der Waals surface area contributed by atoms with Crippen molar-refractivity contribution >= 4 is 40.3 Å². The van der Waals surface area contributed by atoms with Crippen LogP contribution in [-0.4, -0.2) is 15.1 Å². The molecule has 1 aromatic carbocycles. The monoisotopic (exact) mass is 315 g/mol. The van der Waals surface area contributed by atoms with Crippen molar-refractivity contribution in [3.05, 3.63) is 64.5 Å². The summed E-state index contributed by atoms with van der Waals surface area (Å²) >= 11 is 6.62. The van der Waals surface area contributed by atoms with E-state index < -0.39 is 0 Å². The zero-order valence-corrected chi connectivity index (χ0v) is 13.0. The third-order valence-electron chi connectivity index (χ3n) is 3.15. The first-order valence-corrected chi connectivity index (χ1v) is 7.70. The molecule has 2 heterocycles. The second-order valence-electron chi connectivity index (χ2n) is 4.77. The Morgan fingerprint density at radius 2 is 2.05 bits per heavy atom. The molecule has 106 valence electrons. The van der Waals surface area contributed by atoms with Crippen LogP contribution in [0.4, 0.5) is 0 Å². The van der Waals surface area contributed by atoms with E-state index in [2.05, 4.69) is 0 Å². The highest BCUT2D eigenvalue weighted by Crippen LogP contribution is 2.33. The fourth-order valence-electron chi connectivity index (χ4n) is 2.01. The van der Waals surface area contributed by atoms with Crippen LogP contribution in [0.15, 0.2) is 52.0 Å². The summed E-state index contributed by atoms with van der Waals surface area (Å²) in [5.74, 6) is 0.591. The molecule has 5 heteroatoms. The van der Waals surface area contributed by atoms with Gasteiger partial charge in [-0.25, -0.2) is 0 Å². The summed E-state index contributed by atoms with van der Waals surface area (Å²) in [6.45, 7) is 2.54. The summed E-state index contributed by atoms with van der Waals surface area (Å²) in [6, 6.07) is 11.7. The van der Waals surface area contributed by atoms with Crippen molar-refractivity contribution in [1.29, 1.82) is 0 Å². The number of benzene rings is 1. The number of carbonyl (C=O) groups excluding carboxylic acids is 1. The minimum Gasteiger partial charge on any atom is -0.465 e. The molecule has 0 atom stereocenters. The highest BCUT2D eigenvalue weighted by Gasteiger charge is 2.32. The van der Waals surface area contributed by atoms with E-state index in [0.29, 0.717) is 21.5 Å². The van der Waals surface area contributed by atoms with Crippen LogP contribution >= 0.6 is 24.0 Å². The number of aryl methyl sites for hydroxylation is 1. The summed E-state index contributed by atoms with van der Waals surface area (Å²) < 4.78 is 5.82. The van der Waals surface area contributed by atoms with Crippen molar-refractivity contribution in [1.82, 2.24) is 4.90 Å². The van der Waals surface area contributed by atoms with Gasteiger partial charge >= 0.3 is 0 Å². The summed E-state index contributed by atoms with van der Waals surface area (Å²) in [5, 5.41) is 0. The minimum atomic E-state index is -0.0676. The van der Waals surface area contributed by atoms with Gasteiger partial charge in [0.05, 0.1) is 17.7 Å². The van der Waals surface area contributed by atoms with E-state index in [0.717, 1.165) is 5.56 Å². The van der Waals surface area contributed by atoms with Gasteiger partial charge in [-0.05, 0) is 24.6 Å². The molecule has 1 aromatic heterocycles. The number of thioether (sulfide) groups is 1. The lowest BCUT2D eigenvalue weighted by molar-refractivity contribution is -0.122. The molecule has 1 aliphatic heterocycles. The first-order chi connectivity index (χ1) is 10.1. The molecule has 1 saturated heterocycles. The Balaban J connectivity index is 1.79. The number of rotatable bonds is 3. The van der Waals surface area contributed by atoms with Gasteiger partial charge in [-0.15, -0.1) is 0 Å². The van der Waals surface area contributed by atoms with Crippen LogP contribution in [0, 0.1) is 6.92 Å². The van der Waals surface area contributed by atoms with E-state index in [1.165, 1.54) is 17.3 Å². The fraction of sp³-hybridized carbons (Fsp3) is 0.125. The molecule has 0 aliphatic carbocycles. The van der Waals surface area contributed by atoms with Gasteiger partial charge in [0, 0.05) is 6.08 Å². The van der Waals surface area contributed by atoms with E-state index in [9.17, 15) is 4.79 Å². The van der Waals surface area contributed by atoms with Crippen molar-refractivity contribution in [2.75, 3.05) is 0 Å². The smallest absolute Gasteiger partial charge is 0.266 e. The van der Waals surface area contributed by atoms with E-state index in [4.69, 9.17) is 16.6 Å². The second-order valence-corrected chi connectivity index (χ2v) is 6.44. The maximum Gasteiger partial charge on any atom is 0.266 e. The SMILES string of the molecule is Cc1ccc(CN2C(=O)/C(=C/c3ccco3)SC2=S)cc1. The molecular weight excluding hydrogens is 302 g/mol. The maximum absolute atomic E-state index is 12.4. The number of carbonyl (C=O) groups is 1. The van der Waals surface area contributed by atoms with Crippen molar-refractivity contribution < 1.29 is 9.21 Å². The van der Waals surface area contributed by atoms with Gasteiger partial charge in [0.1, 0.15) is 10.1 Å². The standard InChI is InChI=1S/C16H13NO2S2/c1-11-4-6-12(7-5-11)10-17-15(18)14(21-16(17)20)9-13-3-2-8-19-13/h2-9H,10H2,1H3/b14-9-. The lowest BCUT2D eigenvalue weighted by Crippen LogP contribution is -2.27. The summed E-state index contributed by atoms with van der Waals surface area (Å²) in [6.07, 6.45) is 3.31. The molecule has 1 amide bonds. The second kappa shape index (κ2) is 5.87. The predicted molar refractivity (Wildman–Crippen MR) is 88.6 cm³/mol. The van der Waals surface area contributed by atoms with Crippen LogP contribution in [0.2, 0.25) is 0 Å². The summed E-state index contributed by atoms with van der Waals surface area (Å²) in [7, 11) is 0. The number of amides is 1. The minimum absolute atomic E-state index is 0.0676. The molecule has 0 unspecified atom stereocenters. The van der Waals surface area contributed by atoms with E-state index in [1.54, 1.807) is 23.3 Å². The normalized spacial score (nSPS) is 17.0. The molecular formula is C16H13NO2S2. The van der Waals surface area contributed by atoms with Gasteiger partial charge in [-0.2, -0.15) is 0 Å².